The largest absolute Gasteiger partial charge is 0.375 e. The zero-order valence-corrected chi connectivity index (χ0v) is 19.6. The summed E-state index contributed by atoms with van der Waals surface area (Å²) >= 11 is 1.59. The van der Waals surface area contributed by atoms with E-state index < -0.39 is 0 Å². The molecule has 0 bridgehead atoms. The third kappa shape index (κ3) is 5.04. The molecule has 3 aliphatic rings. The topological polar surface area (TPSA) is 94.8 Å². The lowest BCUT2D eigenvalue weighted by molar-refractivity contribution is -0.135. The van der Waals surface area contributed by atoms with Gasteiger partial charge < -0.3 is 20.9 Å². The van der Waals surface area contributed by atoms with Crippen molar-refractivity contribution in [3.63, 3.8) is 0 Å². The number of nitrogens with two attached hydrogens (primary N) is 1. The van der Waals surface area contributed by atoms with E-state index in [1.807, 2.05) is 6.92 Å². The lowest BCUT2D eigenvalue weighted by Crippen LogP contribution is -2.55. The van der Waals surface area contributed by atoms with Crippen molar-refractivity contribution in [2.75, 3.05) is 52.0 Å². The maximum Gasteiger partial charge on any atom is 0.324 e. The number of piperidine rings is 2. The maximum atomic E-state index is 13.3. The van der Waals surface area contributed by atoms with Crippen molar-refractivity contribution in [3.05, 3.63) is 10.6 Å². The van der Waals surface area contributed by atoms with Gasteiger partial charge in [0.1, 0.15) is 0 Å². The number of amides is 3. The highest BCUT2D eigenvalue weighted by Gasteiger charge is 2.42. The molecule has 0 radical (unpaired) electrons. The zero-order valence-electron chi connectivity index (χ0n) is 18.8. The second-order valence-corrected chi connectivity index (χ2v) is 10.4. The van der Waals surface area contributed by atoms with Crippen LogP contribution in [0.25, 0.3) is 0 Å². The number of likely N-dealkylation sites (tertiary alicyclic amines) is 2. The van der Waals surface area contributed by atoms with Gasteiger partial charge in [0.05, 0.1) is 11.6 Å². The number of urea groups is 1. The van der Waals surface area contributed by atoms with Crippen LogP contribution in [0.2, 0.25) is 0 Å². The fraction of sp³-hybridized carbons (Fsp3) is 0.773. The minimum Gasteiger partial charge on any atom is -0.375 e. The SMILES string of the molecule is CCN(C(=O)NCCN1CCCCC1)C(=O)[C@@H]1C[C@@H]2Cc3nc(N)sc3C[C@H]2N(C)C1. The summed E-state index contributed by atoms with van der Waals surface area (Å²) < 4.78 is 0. The van der Waals surface area contributed by atoms with Crippen molar-refractivity contribution in [1.82, 2.24) is 25.0 Å². The summed E-state index contributed by atoms with van der Waals surface area (Å²) in [5, 5.41) is 3.61. The molecule has 8 nitrogen and oxygen atoms in total. The van der Waals surface area contributed by atoms with Gasteiger partial charge in [0.2, 0.25) is 5.91 Å². The van der Waals surface area contributed by atoms with Gasteiger partial charge in [-0.1, -0.05) is 6.42 Å². The molecule has 3 amide bonds. The second kappa shape index (κ2) is 9.83. The van der Waals surface area contributed by atoms with Crippen LogP contribution in [0.5, 0.6) is 0 Å². The Kier molecular flexibility index (Phi) is 7.13. The monoisotopic (exact) mass is 448 g/mol. The quantitative estimate of drug-likeness (QED) is 0.713. The third-order valence-corrected chi connectivity index (χ3v) is 8.13. The molecule has 31 heavy (non-hydrogen) atoms. The number of likely N-dealkylation sites (N-methyl/N-ethyl adjacent to an activating group) is 1. The minimum absolute atomic E-state index is 0.0492. The van der Waals surface area contributed by atoms with Crippen molar-refractivity contribution in [2.45, 2.75) is 51.5 Å². The van der Waals surface area contributed by atoms with E-state index in [0.29, 0.717) is 36.7 Å². The molecule has 2 aliphatic heterocycles. The Bertz CT molecular complexity index is 793. The summed E-state index contributed by atoms with van der Waals surface area (Å²) in [6, 6.07) is 0.164. The molecule has 2 fully saturated rings. The number of rotatable bonds is 5. The fourth-order valence-corrected chi connectivity index (χ4v) is 6.45. The van der Waals surface area contributed by atoms with Crippen LogP contribution < -0.4 is 11.1 Å². The minimum atomic E-state index is -0.257. The Balaban J connectivity index is 1.33. The highest BCUT2D eigenvalue weighted by Crippen LogP contribution is 2.39. The van der Waals surface area contributed by atoms with Gasteiger partial charge in [-0.3, -0.25) is 9.69 Å². The van der Waals surface area contributed by atoms with Crippen LogP contribution in [0.3, 0.4) is 0 Å². The van der Waals surface area contributed by atoms with Crippen LogP contribution in [0, 0.1) is 11.8 Å². The molecule has 4 rings (SSSR count). The Morgan fingerprint density at radius 2 is 2.03 bits per heavy atom. The summed E-state index contributed by atoms with van der Waals surface area (Å²) in [4.78, 5) is 38.0. The molecule has 0 spiro atoms. The Labute approximate surface area is 189 Å². The van der Waals surface area contributed by atoms with Crippen LogP contribution >= 0.6 is 11.3 Å². The van der Waals surface area contributed by atoms with E-state index in [1.54, 1.807) is 11.3 Å². The smallest absolute Gasteiger partial charge is 0.324 e. The first kappa shape index (κ1) is 22.5. The number of hydrogen-bond donors (Lipinski definition) is 2. The normalized spacial score (nSPS) is 26.7. The lowest BCUT2D eigenvalue weighted by Gasteiger charge is -2.45. The lowest BCUT2D eigenvalue weighted by atomic mass is 9.75. The van der Waals surface area contributed by atoms with Crippen LogP contribution in [0.1, 0.15) is 43.2 Å². The van der Waals surface area contributed by atoms with Crippen molar-refractivity contribution < 1.29 is 9.59 Å². The van der Waals surface area contributed by atoms with Gasteiger partial charge in [-0.05, 0) is 65.1 Å². The van der Waals surface area contributed by atoms with Crippen molar-refractivity contribution >= 4 is 28.4 Å². The summed E-state index contributed by atoms with van der Waals surface area (Å²) in [7, 11) is 2.10. The van der Waals surface area contributed by atoms with Gasteiger partial charge in [-0.25, -0.2) is 9.78 Å². The standard InChI is InChI=1S/C22H36N6O2S/c1-3-28(22(30)24-7-10-27-8-5-4-6-9-27)20(29)16-11-15-12-17-19(31-21(23)25-17)13-18(15)26(2)14-16/h15-16,18H,3-14H2,1-2H3,(H2,23,25)(H,24,30)/t15-,16-,18-/m1/s1. The molecule has 172 valence electrons. The molecular weight excluding hydrogens is 412 g/mol. The summed E-state index contributed by atoms with van der Waals surface area (Å²) in [5.74, 6) is 0.172. The number of aromatic nitrogens is 1. The van der Waals surface area contributed by atoms with Gasteiger partial charge in [-0.2, -0.15) is 0 Å². The van der Waals surface area contributed by atoms with E-state index in [2.05, 4.69) is 27.1 Å². The van der Waals surface area contributed by atoms with Gasteiger partial charge in [0.25, 0.3) is 0 Å². The molecule has 3 heterocycles. The molecule has 3 atom stereocenters. The maximum absolute atomic E-state index is 13.3. The second-order valence-electron chi connectivity index (χ2n) is 9.25. The summed E-state index contributed by atoms with van der Waals surface area (Å²) in [6.45, 7) is 6.63. The van der Waals surface area contributed by atoms with Crippen LogP contribution in [0.15, 0.2) is 0 Å². The third-order valence-electron chi connectivity index (χ3n) is 7.18. The first-order chi connectivity index (χ1) is 15.0. The number of nitrogen functional groups attached to an aromatic ring is 1. The molecule has 0 unspecified atom stereocenters. The zero-order chi connectivity index (χ0) is 22.0. The van der Waals surface area contributed by atoms with Crippen LogP contribution in [-0.4, -0.2) is 84.0 Å². The molecular formula is C22H36N6O2S. The predicted octanol–water partition coefficient (Wildman–Crippen LogP) is 1.80. The van der Waals surface area contributed by atoms with E-state index in [1.165, 1.54) is 29.0 Å². The Morgan fingerprint density at radius 3 is 2.77 bits per heavy atom. The summed E-state index contributed by atoms with van der Waals surface area (Å²) in [6.07, 6.45) is 6.41. The molecule has 9 heteroatoms. The van der Waals surface area contributed by atoms with Crippen molar-refractivity contribution in [1.29, 1.82) is 0 Å². The van der Waals surface area contributed by atoms with Gasteiger partial charge in [0.15, 0.2) is 5.13 Å². The Hall–Kier alpha value is -1.71. The molecule has 1 aliphatic carbocycles. The molecule has 1 aromatic rings. The molecule has 1 aromatic heterocycles. The number of anilines is 1. The van der Waals surface area contributed by atoms with Crippen LogP contribution in [-0.2, 0) is 17.6 Å². The number of carbonyl (C=O) groups is 2. The van der Waals surface area contributed by atoms with Gasteiger partial charge >= 0.3 is 6.03 Å². The molecule has 0 saturated carbocycles. The van der Waals surface area contributed by atoms with E-state index >= 15 is 0 Å². The predicted molar refractivity (Wildman–Crippen MR) is 123 cm³/mol. The average molecular weight is 449 g/mol. The first-order valence-corrected chi connectivity index (χ1v) is 12.5. The first-order valence-electron chi connectivity index (χ1n) is 11.7. The number of imide groups is 1. The summed E-state index contributed by atoms with van der Waals surface area (Å²) in [5.41, 5.74) is 7.03. The van der Waals surface area contributed by atoms with Crippen molar-refractivity contribution in [2.24, 2.45) is 11.8 Å². The number of hydrogen-bond acceptors (Lipinski definition) is 7. The fourth-order valence-electron chi connectivity index (χ4n) is 5.54. The van der Waals surface area contributed by atoms with E-state index in [0.717, 1.165) is 44.6 Å². The number of fused-ring (bicyclic) bond motifs is 2. The molecule has 2 saturated heterocycles. The van der Waals surface area contributed by atoms with E-state index in [9.17, 15) is 9.59 Å². The van der Waals surface area contributed by atoms with Gasteiger partial charge in [-0.15, -0.1) is 11.3 Å². The Morgan fingerprint density at radius 1 is 1.26 bits per heavy atom. The average Bonchev–Trinajstić information content (AvgIpc) is 3.12. The highest BCUT2D eigenvalue weighted by molar-refractivity contribution is 7.15. The number of carbonyl (C=O) groups excluding carboxylic acids is 2. The highest BCUT2D eigenvalue weighted by atomic mass is 32.1. The molecule has 3 N–H and O–H groups in total. The number of thiazole rings is 1. The van der Waals surface area contributed by atoms with Gasteiger partial charge in [0, 0.05) is 37.1 Å². The number of nitrogens with zero attached hydrogens (tertiary/aromatic N) is 4. The molecule has 0 aromatic carbocycles. The van der Waals surface area contributed by atoms with Crippen molar-refractivity contribution in [3.8, 4) is 0 Å². The van der Waals surface area contributed by atoms with E-state index in [4.69, 9.17) is 5.73 Å². The van der Waals surface area contributed by atoms with Crippen LogP contribution in [0.4, 0.5) is 9.93 Å². The number of nitrogens with one attached hydrogen (secondary N) is 1. The van der Waals surface area contributed by atoms with E-state index in [-0.39, 0.29) is 17.9 Å².